The molecule has 2 saturated heterocycles. The number of aromatic amines is 3. The number of piperidine rings is 2. The number of aryl methyl sites for hydroxylation is 1. The fourth-order valence-electron chi connectivity index (χ4n) is 11.0. The molecule has 4 aliphatic rings. The Balaban J connectivity index is 0.965. The molecule has 4 fully saturated rings. The lowest BCUT2D eigenvalue weighted by Crippen LogP contribution is -2.56. The molecular formula is C47H57N9O6. The van der Waals surface area contributed by atoms with Crippen molar-refractivity contribution in [3.63, 3.8) is 0 Å². The van der Waals surface area contributed by atoms with Crippen molar-refractivity contribution in [2.24, 2.45) is 23.7 Å². The van der Waals surface area contributed by atoms with Crippen molar-refractivity contribution >= 4 is 34.9 Å². The quantitative estimate of drug-likeness (QED) is 0.0911. The number of aromatic nitrogens is 5. The number of likely N-dealkylation sites (tertiary alicyclic amines) is 2. The Morgan fingerprint density at radius 3 is 1.68 bits per heavy atom. The van der Waals surface area contributed by atoms with Crippen molar-refractivity contribution in [3.8, 4) is 33.6 Å². The van der Waals surface area contributed by atoms with E-state index in [9.17, 15) is 19.2 Å². The number of ether oxygens (including phenoxy) is 2. The smallest absolute Gasteiger partial charge is 0.407 e. The zero-order valence-corrected chi connectivity index (χ0v) is 36.6. The summed E-state index contributed by atoms with van der Waals surface area (Å²) in [5, 5.41) is 6.62. The molecule has 2 aromatic carbocycles. The van der Waals surface area contributed by atoms with Gasteiger partial charge in [0.1, 0.15) is 34.8 Å². The maximum atomic E-state index is 14.1. The molecule has 0 unspecified atom stereocenters. The number of hydrogen-bond donors (Lipinski definition) is 5. The predicted octanol–water partition coefficient (Wildman–Crippen LogP) is 7.36. The summed E-state index contributed by atoms with van der Waals surface area (Å²) >= 11 is 0. The van der Waals surface area contributed by atoms with Crippen molar-refractivity contribution in [2.45, 2.75) is 96.3 Å². The van der Waals surface area contributed by atoms with E-state index in [4.69, 9.17) is 19.4 Å². The first-order chi connectivity index (χ1) is 29.7. The van der Waals surface area contributed by atoms with Gasteiger partial charge in [-0.25, -0.2) is 19.6 Å². The molecule has 2 aliphatic heterocycles. The summed E-state index contributed by atoms with van der Waals surface area (Å²) < 4.78 is 9.69. The third-order valence-corrected chi connectivity index (χ3v) is 14.2. The number of carbonyl (C=O) groups excluding carboxylic acids is 4. The Morgan fingerprint density at radius 1 is 0.694 bits per heavy atom. The number of carbonyl (C=O) groups is 4. The van der Waals surface area contributed by atoms with E-state index in [2.05, 4.69) is 75.0 Å². The number of fused-ring (bicyclic) bond motifs is 5. The van der Waals surface area contributed by atoms with Crippen molar-refractivity contribution in [1.29, 1.82) is 0 Å². The molecule has 5 aromatic rings. The summed E-state index contributed by atoms with van der Waals surface area (Å²) in [4.78, 5) is 77.1. The molecule has 4 bridgehead atoms. The standard InChI is InChI=1S/C47H57N9O6/c1-25(2)37(53-44(59)61-6)40(57)55-23-28-14-16-46(55,19-28)42-48-21-35(51-42)31-10-8-30(9-11-31)32-12-13-33(39-34(32)18-27(5)50-39)36-22-49-43(52-36)47-17-15-29(20-47)24-56(47)41(58)38(26(3)4)54-45(60)62-7/h8-13,18,21-22,25-26,28-29,37-38,50H,14-17,19-20,23-24H2,1-7H3,(H,48,51)(H,49,52)(H,53,59)(H,54,60)/t28-,29-,37+,38+,46+,47+/m1/s1. The lowest BCUT2D eigenvalue weighted by Gasteiger charge is -2.40. The van der Waals surface area contributed by atoms with Gasteiger partial charge in [-0.2, -0.15) is 0 Å². The molecule has 2 aliphatic carbocycles. The number of methoxy groups -OCH3 is 2. The van der Waals surface area contributed by atoms with E-state index in [0.29, 0.717) is 24.9 Å². The molecule has 15 heteroatoms. The average molecular weight is 844 g/mol. The molecular weight excluding hydrogens is 787 g/mol. The normalized spacial score (nSPS) is 23.7. The number of alkyl carbamates (subject to hydrolysis) is 2. The molecule has 0 radical (unpaired) electrons. The van der Waals surface area contributed by atoms with Crippen molar-refractivity contribution in [2.75, 3.05) is 27.3 Å². The highest BCUT2D eigenvalue weighted by Gasteiger charge is 2.58. The first-order valence-corrected chi connectivity index (χ1v) is 21.9. The Morgan fingerprint density at radius 2 is 1.18 bits per heavy atom. The number of nitrogens with zero attached hydrogens (tertiary/aromatic N) is 4. The number of benzene rings is 2. The van der Waals surface area contributed by atoms with Crippen LogP contribution in [0.4, 0.5) is 9.59 Å². The van der Waals surface area contributed by atoms with Gasteiger partial charge in [0, 0.05) is 29.7 Å². The summed E-state index contributed by atoms with van der Waals surface area (Å²) in [6, 6.07) is 13.5. The van der Waals surface area contributed by atoms with E-state index >= 15 is 0 Å². The highest BCUT2D eigenvalue weighted by atomic mass is 16.5. The minimum absolute atomic E-state index is 0.106. The van der Waals surface area contributed by atoms with Gasteiger partial charge in [-0.3, -0.25) is 9.59 Å². The van der Waals surface area contributed by atoms with Gasteiger partial charge in [-0.1, -0.05) is 64.1 Å². The first-order valence-electron chi connectivity index (χ1n) is 21.9. The number of nitrogens with one attached hydrogen (secondary N) is 5. The second kappa shape index (κ2) is 15.7. The Hall–Kier alpha value is -6.12. The van der Waals surface area contributed by atoms with Crippen LogP contribution in [0.3, 0.4) is 0 Å². The topological polar surface area (TPSA) is 190 Å². The zero-order chi connectivity index (χ0) is 43.7. The van der Waals surface area contributed by atoms with Crippen LogP contribution in [0, 0.1) is 30.6 Å². The second-order valence-corrected chi connectivity index (χ2v) is 18.7. The van der Waals surface area contributed by atoms with Crippen molar-refractivity contribution in [1.82, 2.24) is 45.4 Å². The van der Waals surface area contributed by atoms with E-state index in [1.165, 1.54) is 14.2 Å². The van der Waals surface area contributed by atoms with Crippen LogP contribution in [-0.4, -0.2) is 98.1 Å². The van der Waals surface area contributed by atoms with Crippen LogP contribution in [0.1, 0.15) is 83.6 Å². The van der Waals surface area contributed by atoms with E-state index in [-0.39, 0.29) is 23.7 Å². The molecule has 4 amide bonds. The van der Waals surface area contributed by atoms with Gasteiger partial charge in [0.15, 0.2) is 0 Å². The molecule has 0 spiro atoms. The zero-order valence-electron chi connectivity index (χ0n) is 36.6. The van der Waals surface area contributed by atoms with Crippen LogP contribution in [0.5, 0.6) is 0 Å². The van der Waals surface area contributed by atoms with Gasteiger partial charge in [0.05, 0.1) is 43.5 Å². The molecule has 5 N–H and O–H groups in total. The number of imidazole rings is 2. The van der Waals surface area contributed by atoms with Gasteiger partial charge < -0.3 is 44.9 Å². The SMILES string of the molecule is COC(=O)N[C@H](C(=O)N1C[C@@H]2CC[C@@]1(c1ncc(-c3ccc(-c4ccc(-c5cnc([C@@]67CC[C@@H](CN6C(=O)[C@@H](NC(=O)OC)C(C)C)C7)[nH]5)c5[nH]c(C)cc45)cc3)[nH]1)C2)C(C)C. The van der Waals surface area contributed by atoms with Gasteiger partial charge in [0.25, 0.3) is 0 Å². The summed E-state index contributed by atoms with van der Waals surface area (Å²) in [5.74, 6) is 1.87. The third-order valence-electron chi connectivity index (χ3n) is 14.2. The van der Waals surface area contributed by atoms with Crippen molar-refractivity contribution < 1.29 is 28.7 Å². The Kier molecular flexibility index (Phi) is 10.4. The lowest BCUT2D eigenvalue weighted by atomic mass is 9.93. The summed E-state index contributed by atoms with van der Waals surface area (Å²) in [7, 11) is 2.61. The Bertz CT molecular complexity index is 2540. The molecule has 9 rings (SSSR count). The fraction of sp³-hybridized carbons (Fsp3) is 0.489. The minimum atomic E-state index is -0.704. The van der Waals surface area contributed by atoms with Crippen LogP contribution in [0.25, 0.3) is 44.5 Å². The van der Waals surface area contributed by atoms with Crippen molar-refractivity contribution in [3.05, 3.63) is 72.2 Å². The highest BCUT2D eigenvalue weighted by Crippen LogP contribution is 2.54. The van der Waals surface area contributed by atoms with Crippen LogP contribution in [0.15, 0.2) is 54.9 Å². The Labute approximate surface area is 361 Å². The van der Waals surface area contributed by atoms with E-state index in [1.54, 1.807) is 0 Å². The summed E-state index contributed by atoms with van der Waals surface area (Å²) in [5.41, 5.74) is 6.77. The molecule has 326 valence electrons. The van der Waals surface area contributed by atoms with Gasteiger partial charge in [-0.05, 0) is 91.9 Å². The largest absolute Gasteiger partial charge is 0.453 e. The number of rotatable bonds is 11. The second-order valence-electron chi connectivity index (χ2n) is 18.7. The maximum absolute atomic E-state index is 14.1. The van der Waals surface area contributed by atoms with Crippen LogP contribution >= 0.6 is 0 Å². The monoisotopic (exact) mass is 843 g/mol. The number of hydrogen-bond acceptors (Lipinski definition) is 8. The van der Waals surface area contributed by atoms with Crippen LogP contribution in [-0.2, 0) is 30.1 Å². The lowest BCUT2D eigenvalue weighted by molar-refractivity contribution is -0.141. The van der Waals surface area contributed by atoms with Gasteiger partial charge >= 0.3 is 12.2 Å². The van der Waals surface area contributed by atoms with E-state index in [1.807, 2.05) is 49.9 Å². The van der Waals surface area contributed by atoms with Gasteiger partial charge in [0.2, 0.25) is 11.8 Å². The molecule has 5 heterocycles. The predicted molar refractivity (Wildman–Crippen MR) is 233 cm³/mol. The number of amides is 4. The molecule has 2 saturated carbocycles. The van der Waals surface area contributed by atoms with Crippen LogP contribution in [0.2, 0.25) is 0 Å². The average Bonchev–Trinajstić information content (AvgIpc) is 4.13. The van der Waals surface area contributed by atoms with E-state index < -0.39 is 35.3 Å². The third kappa shape index (κ3) is 6.80. The molecule has 3 aromatic heterocycles. The highest BCUT2D eigenvalue weighted by molar-refractivity contribution is 6.03. The maximum Gasteiger partial charge on any atom is 0.407 e. The molecule has 15 nitrogen and oxygen atoms in total. The number of H-pyrrole nitrogens is 3. The molecule has 6 atom stereocenters. The minimum Gasteiger partial charge on any atom is -0.453 e. The summed E-state index contributed by atoms with van der Waals surface area (Å²) in [6.45, 7) is 11.0. The molecule has 62 heavy (non-hydrogen) atoms. The van der Waals surface area contributed by atoms with Gasteiger partial charge in [-0.15, -0.1) is 0 Å². The fourth-order valence-corrected chi connectivity index (χ4v) is 11.0. The van der Waals surface area contributed by atoms with E-state index in [0.717, 1.165) is 100 Å². The summed E-state index contributed by atoms with van der Waals surface area (Å²) in [6.07, 6.45) is 7.82. The first kappa shape index (κ1) is 41.2. The van der Waals surface area contributed by atoms with Crippen LogP contribution < -0.4 is 10.6 Å².